The number of carbonyl (C=O) groups is 1. The van der Waals surface area contributed by atoms with Crippen LogP contribution in [0.5, 0.6) is 0 Å². The van der Waals surface area contributed by atoms with Gasteiger partial charge in [0, 0.05) is 51.4 Å². The van der Waals surface area contributed by atoms with Crippen LogP contribution in [0.3, 0.4) is 0 Å². The van der Waals surface area contributed by atoms with Crippen molar-refractivity contribution in [2.24, 2.45) is 10.9 Å². The molecule has 1 aliphatic heterocycles. The van der Waals surface area contributed by atoms with E-state index in [4.69, 9.17) is 4.74 Å². The van der Waals surface area contributed by atoms with E-state index in [2.05, 4.69) is 39.7 Å². The number of hydrogen-bond donors (Lipinski definition) is 3. The number of hydrogen-bond acceptors (Lipinski definition) is 4. The number of carbonyl (C=O) groups excluding carboxylic acids is 1. The minimum atomic E-state index is -0.0234. The van der Waals surface area contributed by atoms with Gasteiger partial charge in [-0.3, -0.25) is 14.7 Å². The fourth-order valence-electron chi connectivity index (χ4n) is 4.11. The Morgan fingerprint density at radius 2 is 1.87 bits per heavy atom. The normalized spacial score (nSPS) is 16.2. The number of nitrogens with zero attached hydrogens (tertiary/aromatic N) is 2. The third-order valence-electron chi connectivity index (χ3n) is 5.99. The Morgan fingerprint density at radius 1 is 1.13 bits per heavy atom. The summed E-state index contributed by atoms with van der Waals surface area (Å²) >= 11 is 0. The predicted octanol–water partition coefficient (Wildman–Crippen LogP) is 2.63. The van der Waals surface area contributed by atoms with Crippen LogP contribution in [0.1, 0.15) is 56.0 Å². The highest BCUT2D eigenvalue weighted by atomic mass is 16.5. The van der Waals surface area contributed by atoms with Crippen molar-refractivity contribution in [2.45, 2.75) is 52.6 Å². The van der Waals surface area contributed by atoms with E-state index in [-0.39, 0.29) is 5.91 Å². The molecule has 1 aliphatic rings. The number of guanidine groups is 1. The van der Waals surface area contributed by atoms with E-state index in [1.165, 1.54) is 12.8 Å². The van der Waals surface area contributed by atoms with Crippen molar-refractivity contribution >= 4 is 11.9 Å². The quantitative estimate of drug-likeness (QED) is 0.371. The predicted molar refractivity (Wildman–Crippen MR) is 128 cm³/mol. The average molecular weight is 432 g/mol. The van der Waals surface area contributed by atoms with Gasteiger partial charge in [0.15, 0.2) is 5.96 Å². The molecule has 1 aromatic carbocycles. The van der Waals surface area contributed by atoms with Crippen LogP contribution in [0, 0.1) is 5.92 Å². The first-order valence-electron chi connectivity index (χ1n) is 11.8. The molecule has 3 N–H and O–H groups in total. The van der Waals surface area contributed by atoms with E-state index in [9.17, 15) is 4.79 Å². The van der Waals surface area contributed by atoms with Crippen molar-refractivity contribution < 1.29 is 9.53 Å². The molecule has 174 valence electrons. The molecule has 1 saturated heterocycles. The Labute approximate surface area is 188 Å². The van der Waals surface area contributed by atoms with E-state index in [1.54, 1.807) is 7.05 Å². The second kappa shape index (κ2) is 14.0. The van der Waals surface area contributed by atoms with Crippen molar-refractivity contribution in [2.75, 3.05) is 46.4 Å². The highest BCUT2D eigenvalue weighted by molar-refractivity contribution is 5.94. The molecule has 1 atom stereocenters. The number of ether oxygens (including phenoxy) is 1. The molecule has 0 spiro atoms. The summed E-state index contributed by atoms with van der Waals surface area (Å²) in [6.07, 6.45) is 3.26. The van der Waals surface area contributed by atoms with Crippen molar-refractivity contribution in [3.05, 3.63) is 35.4 Å². The van der Waals surface area contributed by atoms with Gasteiger partial charge in [0.1, 0.15) is 0 Å². The lowest BCUT2D eigenvalue weighted by molar-refractivity contribution is 0.00272. The first-order chi connectivity index (χ1) is 15.1. The zero-order chi connectivity index (χ0) is 22.5. The van der Waals surface area contributed by atoms with E-state index in [0.29, 0.717) is 30.6 Å². The van der Waals surface area contributed by atoms with Crippen LogP contribution in [-0.4, -0.2) is 69.2 Å². The Balaban J connectivity index is 1.93. The van der Waals surface area contributed by atoms with Gasteiger partial charge in [-0.15, -0.1) is 0 Å². The third-order valence-corrected chi connectivity index (χ3v) is 5.99. The lowest BCUT2D eigenvalue weighted by Gasteiger charge is -2.39. The van der Waals surface area contributed by atoms with Gasteiger partial charge in [0.05, 0.1) is 13.2 Å². The summed E-state index contributed by atoms with van der Waals surface area (Å²) in [4.78, 5) is 19.2. The molecule has 7 nitrogen and oxygen atoms in total. The molecule has 1 heterocycles. The number of amides is 1. The van der Waals surface area contributed by atoms with Crippen molar-refractivity contribution in [3.8, 4) is 0 Å². The maximum absolute atomic E-state index is 12.2. The summed E-state index contributed by atoms with van der Waals surface area (Å²) in [5, 5.41) is 9.85. The van der Waals surface area contributed by atoms with Crippen molar-refractivity contribution in [1.82, 2.24) is 20.9 Å². The van der Waals surface area contributed by atoms with Gasteiger partial charge in [-0.2, -0.15) is 0 Å². The van der Waals surface area contributed by atoms with Crippen LogP contribution < -0.4 is 16.0 Å². The van der Waals surface area contributed by atoms with Gasteiger partial charge in [-0.1, -0.05) is 45.7 Å². The van der Waals surface area contributed by atoms with Crippen LogP contribution >= 0.6 is 0 Å². The largest absolute Gasteiger partial charge is 0.379 e. The highest BCUT2D eigenvalue weighted by Crippen LogP contribution is 2.19. The second-order valence-electron chi connectivity index (χ2n) is 8.06. The summed E-state index contributed by atoms with van der Waals surface area (Å²) in [6, 6.07) is 8.20. The van der Waals surface area contributed by atoms with E-state index in [0.717, 1.165) is 50.8 Å². The average Bonchev–Trinajstić information content (AvgIpc) is 2.82. The maximum Gasteiger partial charge on any atom is 0.251 e. The molecule has 1 fully saturated rings. The molecule has 0 aliphatic carbocycles. The minimum Gasteiger partial charge on any atom is -0.379 e. The summed E-state index contributed by atoms with van der Waals surface area (Å²) in [5.41, 5.74) is 1.74. The smallest absolute Gasteiger partial charge is 0.251 e. The van der Waals surface area contributed by atoms with Gasteiger partial charge < -0.3 is 20.7 Å². The van der Waals surface area contributed by atoms with Gasteiger partial charge in [-0.05, 0) is 30.0 Å². The Bertz CT molecular complexity index is 684. The Morgan fingerprint density at radius 3 is 2.52 bits per heavy atom. The van der Waals surface area contributed by atoms with Gasteiger partial charge >= 0.3 is 0 Å². The first kappa shape index (κ1) is 25.1. The SMILES string of the molecule is CCCNC(=O)c1cccc(CNC(=NC)NCC(C(CC)CC)N2CCOCC2)c1. The number of aliphatic imine (C=N–C) groups is 1. The van der Waals surface area contributed by atoms with Crippen LogP contribution in [-0.2, 0) is 11.3 Å². The highest BCUT2D eigenvalue weighted by Gasteiger charge is 2.27. The molecule has 1 aromatic rings. The molecular weight excluding hydrogens is 390 g/mol. The molecule has 0 aromatic heterocycles. The van der Waals surface area contributed by atoms with E-state index < -0.39 is 0 Å². The lowest BCUT2D eigenvalue weighted by Crippen LogP contribution is -2.53. The van der Waals surface area contributed by atoms with Crippen LogP contribution in [0.2, 0.25) is 0 Å². The fraction of sp³-hybridized carbons (Fsp3) is 0.667. The maximum atomic E-state index is 12.2. The number of morpholine rings is 1. The molecule has 1 unspecified atom stereocenters. The molecule has 7 heteroatoms. The molecule has 31 heavy (non-hydrogen) atoms. The van der Waals surface area contributed by atoms with Gasteiger partial charge in [0.25, 0.3) is 5.91 Å². The van der Waals surface area contributed by atoms with Crippen LogP contribution in [0.4, 0.5) is 0 Å². The molecule has 0 radical (unpaired) electrons. The number of rotatable bonds is 11. The topological polar surface area (TPSA) is 78.0 Å². The molecule has 1 amide bonds. The molecule has 2 rings (SSSR count). The zero-order valence-corrected chi connectivity index (χ0v) is 19.7. The lowest BCUT2D eigenvalue weighted by atomic mass is 9.92. The number of benzene rings is 1. The van der Waals surface area contributed by atoms with E-state index >= 15 is 0 Å². The van der Waals surface area contributed by atoms with Gasteiger partial charge in [0.2, 0.25) is 0 Å². The molecular formula is C24H41N5O2. The molecule has 0 saturated carbocycles. The summed E-state index contributed by atoms with van der Waals surface area (Å²) in [7, 11) is 1.80. The van der Waals surface area contributed by atoms with Gasteiger partial charge in [-0.25, -0.2) is 0 Å². The van der Waals surface area contributed by atoms with Crippen molar-refractivity contribution in [1.29, 1.82) is 0 Å². The van der Waals surface area contributed by atoms with E-state index in [1.807, 2.05) is 31.2 Å². The Hall–Kier alpha value is -2.12. The molecule has 0 bridgehead atoms. The standard InChI is InChI=1S/C24H41N5O2/c1-5-11-26-23(30)21-10-8-9-19(16-21)17-27-24(25-4)28-18-22(20(6-2)7-3)29-12-14-31-15-13-29/h8-10,16,20,22H,5-7,11-15,17-18H2,1-4H3,(H,26,30)(H2,25,27,28). The summed E-state index contributed by atoms with van der Waals surface area (Å²) < 4.78 is 5.55. The van der Waals surface area contributed by atoms with Crippen molar-refractivity contribution in [3.63, 3.8) is 0 Å². The zero-order valence-electron chi connectivity index (χ0n) is 19.7. The first-order valence-corrected chi connectivity index (χ1v) is 11.8. The monoisotopic (exact) mass is 431 g/mol. The van der Waals surface area contributed by atoms with Crippen LogP contribution in [0.25, 0.3) is 0 Å². The Kier molecular flexibility index (Phi) is 11.4. The third kappa shape index (κ3) is 8.15. The fourth-order valence-corrected chi connectivity index (χ4v) is 4.11. The summed E-state index contributed by atoms with van der Waals surface area (Å²) in [6.45, 7) is 12.4. The number of nitrogens with one attached hydrogen (secondary N) is 3. The second-order valence-corrected chi connectivity index (χ2v) is 8.06. The minimum absolute atomic E-state index is 0.0234. The summed E-state index contributed by atoms with van der Waals surface area (Å²) in [5.74, 6) is 1.40. The van der Waals surface area contributed by atoms with Crippen LogP contribution in [0.15, 0.2) is 29.3 Å².